The van der Waals surface area contributed by atoms with E-state index in [2.05, 4.69) is 29.7 Å². The van der Waals surface area contributed by atoms with Crippen molar-refractivity contribution in [2.75, 3.05) is 13.2 Å². The summed E-state index contributed by atoms with van der Waals surface area (Å²) in [4.78, 5) is 0. The van der Waals surface area contributed by atoms with E-state index in [0.717, 1.165) is 6.42 Å². The lowest BCUT2D eigenvalue weighted by Gasteiger charge is -2.19. The third kappa shape index (κ3) is 4.16. The molecule has 0 aliphatic heterocycles. The van der Waals surface area contributed by atoms with Gasteiger partial charge in [-0.3, -0.25) is 0 Å². The highest BCUT2D eigenvalue weighted by molar-refractivity contribution is 7.80. The second kappa shape index (κ2) is 7.19. The van der Waals surface area contributed by atoms with E-state index in [-0.39, 0.29) is 12.6 Å². The first-order valence-corrected chi connectivity index (χ1v) is 5.89. The van der Waals surface area contributed by atoms with Gasteiger partial charge in [0.1, 0.15) is 0 Å². The molecule has 0 saturated carbocycles. The summed E-state index contributed by atoms with van der Waals surface area (Å²) >= 11 is 5.13. The minimum absolute atomic E-state index is 0.0873. The molecular formula is C12H18N2OS. The first kappa shape index (κ1) is 12.9. The second-order valence-corrected chi connectivity index (χ2v) is 3.90. The van der Waals surface area contributed by atoms with Gasteiger partial charge < -0.3 is 15.7 Å². The van der Waals surface area contributed by atoms with Crippen LogP contribution in [0.3, 0.4) is 0 Å². The van der Waals surface area contributed by atoms with Gasteiger partial charge in [0.05, 0.1) is 12.6 Å². The van der Waals surface area contributed by atoms with Crippen LogP contribution in [0.5, 0.6) is 0 Å². The van der Waals surface area contributed by atoms with Crippen LogP contribution in [0.1, 0.15) is 24.9 Å². The molecule has 3 N–H and O–H groups in total. The maximum atomic E-state index is 8.67. The van der Waals surface area contributed by atoms with Gasteiger partial charge in [-0.1, -0.05) is 37.3 Å². The SMILES string of the molecule is CCC(NC(=S)NCCO)c1ccccc1. The summed E-state index contributed by atoms with van der Waals surface area (Å²) < 4.78 is 0. The van der Waals surface area contributed by atoms with E-state index in [1.54, 1.807) is 0 Å². The van der Waals surface area contributed by atoms with Gasteiger partial charge in [-0.25, -0.2) is 0 Å². The van der Waals surface area contributed by atoms with E-state index in [1.165, 1.54) is 5.56 Å². The molecule has 0 aliphatic carbocycles. The van der Waals surface area contributed by atoms with Gasteiger partial charge in [-0.2, -0.15) is 0 Å². The maximum absolute atomic E-state index is 8.67. The summed E-state index contributed by atoms with van der Waals surface area (Å²) in [5.41, 5.74) is 1.22. The molecule has 0 heterocycles. The Bertz CT molecular complexity index is 316. The average Bonchev–Trinajstić information content (AvgIpc) is 2.34. The van der Waals surface area contributed by atoms with Crippen LogP contribution in [0.2, 0.25) is 0 Å². The number of nitrogens with one attached hydrogen (secondary N) is 2. The Balaban J connectivity index is 2.52. The summed E-state index contributed by atoms with van der Waals surface area (Å²) in [5.74, 6) is 0. The zero-order valence-electron chi connectivity index (χ0n) is 9.44. The third-order valence-electron chi connectivity index (χ3n) is 2.31. The van der Waals surface area contributed by atoms with Crippen molar-refractivity contribution in [1.82, 2.24) is 10.6 Å². The van der Waals surface area contributed by atoms with Crippen molar-refractivity contribution in [2.45, 2.75) is 19.4 Å². The van der Waals surface area contributed by atoms with Gasteiger partial charge in [-0.05, 0) is 24.2 Å². The van der Waals surface area contributed by atoms with Gasteiger partial charge in [0.15, 0.2) is 5.11 Å². The largest absolute Gasteiger partial charge is 0.395 e. The molecule has 88 valence electrons. The molecule has 0 amide bonds. The van der Waals surface area contributed by atoms with Gasteiger partial charge in [0.2, 0.25) is 0 Å². The van der Waals surface area contributed by atoms with E-state index in [9.17, 15) is 0 Å². The summed E-state index contributed by atoms with van der Waals surface area (Å²) in [6.45, 7) is 2.68. The fourth-order valence-corrected chi connectivity index (χ4v) is 1.73. The summed E-state index contributed by atoms with van der Waals surface area (Å²) in [6, 6.07) is 10.4. The number of rotatable bonds is 5. The molecule has 0 fully saturated rings. The van der Waals surface area contributed by atoms with Gasteiger partial charge in [0, 0.05) is 6.54 Å². The van der Waals surface area contributed by atoms with Gasteiger partial charge in [-0.15, -0.1) is 0 Å². The highest BCUT2D eigenvalue weighted by Gasteiger charge is 2.09. The Morgan fingerprint density at radius 2 is 2.06 bits per heavy atom. The Kier molecular flexibility index (Phi) is 5.82. The van der Waals surface area contributed by atoms with E-state index >= 15 is 0 Å². The third-order valence-corrected chi connectivity index (χ3v) is 2.58. The minimum Gasteiger partial charge on any atom is -0.395 e. The van der Waals surface area contributed by atoms with Crippen molar-refractivity contribution >= 4 is 17.3 Å². The van der Waals surface area contributed by atoms with E-state index < -0.39 is 0 Å². The molecule has 0 bridgehead atoms. The van der Waals surface area contributed by atoms with Crippen molar-refractivity contribution in [3.8, 4) is 0 Å². The summed E-state index contributed by atoms with van der Waals surface area (Å²) in [6.07, 6.45) is 0.963. The number of aliphatic hydroxyl groups is 1. The molecule has 0 saturated heterocycles. The van der Waals surface area contributed by atoms with Crippen LogP contribution in [-0.4, -0.2) is 23.4 Å². The smallest absolute Gasteiger partial charge is 0.166 e. The van der Waals surface area contributed by atoms with Crippen LogP contribution < -0.4 is 10.6 Å². The standard InChI is InChI=1S/C12H18N2OS/c1-2-11(10-6-4-3-5-7-10)14-12(16)13-8-9-15/h3-7,11,15H,2,8-9H2,1H3,(H2,13,14,16). The summed E-state index contributed by atoms with van der Waals surface area (Å²) in [7, 11) is 0. The molecule has 1 unspecified atom stereocenters. The van der Waals surface area contributed by atoms with E-state index in [1.807, 2.05) is 18.2 Å². The monoisotopic (exact) mass is 238 g/mol. The van der Waals surface area contributed by atoms with Gasteiger partial charge in [0.25, 0.3) is 0 Å². The second-order valence-electron chi connectivity index (χ2n) is 3.50. The lowest BCUT2D eigenvalue weighted by molar-refractivity contribution is 0.300. The lowest BCUT2D eigenvalue weighted by atomic mass is 10.1. The Hall–Kier alpha value is -1.13. The minimum atomic E-state index is 0.0873. The Morgan fingerprint density at radius 1 is 1.38 bits per heavy atom. The predicted molar refractivity (Wildman–Crippen MR) is 70.3 cm³/mol. The lowest BCUT2D eigenvalue weighted by Crippen LogP contribution is -2.38. The molecule has 0 aliphatic rings. The van der Waals surface area contributed by atoms with E-state index in [0.29, 0.717) is 11.7 Å². The topological polar surface area (TPSA) is 44.3 Å². The van der Waals surface area contributed by atoms with Crippen LogP contribution >= 0.6 is 12.2 Å². The molecule has 0 radical (unpaired) electrons. The molecule has 4 heteroatoms. The van der Waals surface area contributed by atoms with Crippen LogP contribution in [0.15, 0.2) is 30.3 Å². The molecule has 3 nitrogen and oxygen atoms in total. The molecule has 0 spiro atoms. The van der Waals surface area contributed by atoms with Crippen LogP contribution in [0, 0.1) is 0 Å². The number of hydrogen-bond donors (Lipinski definition) is 3. The summed E-state index contributed by atoms with van der Waals surface area (Å²) in [5, 5.41) is 15.4. The van der Waals surface area contributed by atoms with Crippen molar-refractivity contribution < 1.29 is 5.11 Å². The normalized spacial score (nSPS) is 11.9. The molecule has 0 aromatic heterocycles. The number of thiocarbonyl (C=S) groups is 1. The quantitative estimate of drug-likeness (QED) is 0.682. The molecule has 1 rings (SSSR count). The molecular weight excluding hydrogens is 220 g/mol. The maximum Gasteiger partial charge on any atom is 0.166 e. The van der Waals surface area contributed by atoms with E-state index in [4.69, 9.17) is 17.3 Å². The van der Waals surface area contributed by atoms with Gasteiger partial charge >= 0.3 is 0 Å². The molecule has 16 heavy (non-hydrogen) atoms. The predicted octanol–water partition coefficient (Wildman–Crippen LogP) is 1.59. The van der Waals surface area contributed by atoms with Crippen LogP contribution in [0.4, 0.5) is 0 Å². The van der Waals surface area contributed by atoms with Crippen molar-refractivity contribution in [3.63, 3.8) is 0 Å². The highest BCUT2D eigenvalue weighted by Crippen LogP contribution is 2.15. The van der Waals surface area contributed by atoms with Crippen LogP contribution in [-0.2, 0) is 0 Å². The fraction of sp³-hybridized carbons (Fsp3) is 0.417. The van der Waals surface area contributed by atoms with Crippen molar-refractivity contribution in [2.24, 2.45) is 0 Å². The van der Waals surface area contributed by atoms with Crippen molar-refractivity contribution in [3.05, 3.63) is 35.9 Å². The number of aliphatic hydroxyl groups excluding tert-OH is 1. The number of benzene rings is 1. The first-order valence-electron chi connectivity index (χ1n) is 5.48. The van der Waals surface area contributed by atoms with Crippen molar-refractivity contribution in [1.29, 1.82) is 0 Å². The first-order chi connectivity index (χ1) is 7.77. The highest BCUT2D eigenvalue weighted by atomic mass is 32.1. The Morgan fingerprint density at radius 3 is 2.62 bits per heavy atom. The average molecular weight is 238 g/mol. The zero-order valence-corrected chi connectivity index (χ0v) is 10.3. The number of hydrogen-bond acceptors (Lipinski definition) is 2. The molecule has 1 aromatic carbocycles. The fourth-order valence-electron chi connectivity index (χ4n) is 1.49. The zero-order chi connectivity index (χ0) is 11.8. The van der Waals surface area contributed by atoms with Crippen LogP contribution in [0.25, 0.3) is 0 Å². The molecule has 1 atom stereocenters. The Labute approximate surface area is 102 Å². The molecule has 1 aromatic rings.